The van der Waals surface area contributed by atoms with E-state index in [-0.39, 0.29) is 36.5 Å². The number of anilines is 4. The van der Waals surface area contributed by atoms with Crippen LogP contribution >= 0.6 is 22.7 Å². The molecule has 14 heteroatoms. The lowest BCUT2D eigenvalue weighted by atomic mass is 9.82. The van der Waals surface area contributed by atoms with Crippen molar-refractivity contribution in [2.75, 3.05) is 73.0 Å². The van der Waals surface area contributed by atoms with E-state index in [0.29, 0.717) is 10.3 Å². The number of aromatic nitrogens is 4. The molecule has 12 nitrogen and oxygen atoms in total. The van der Waals surface area contributed by atoms with Crippen molar-refractivity contribution in [2.24, 2.45) is 0 Å². The van der Waals surface area contributed by atoms with Crippen LogP contribution in [0.5, 0.6) is 0 Å². The molecule has 2 atom stereocenters. The molecule has 4 aromatic rings. The van der Waals surface area contributed by atoms with Crippen LogP contribution in [0.25, 0.3) is 0 Å². The van der Waals surface area contributed by atoms with Gasteiger partial charge in [-0.25, -0.2) is 0 Å². The van der Waals surface area contributed by atoms with Crippen molar-refractivity contribution in [3.8, 4) is 0 Å². The molecular weight excluding hydrogens is 649 g/mol. The monoisotopic (exact) mass is 688 g/mol. The summed E-state index contributed by atoms with van der Waals surface area (Å²) in [6, 6.07) is 16.3. The zero-order valence-corrected chi connectivity index (χ0v) is 28.4. The highest BCUT2D eigenvalue weighted by Crippen LogP contribution is 2.43. The van der Waals surface area contributed by atoms with Crippen LogP contribution < -0.4 is 20.4 Å². The maximum atomic E-state index is 12.9. The van der Waals surface area contributed by atoms with Crippen LogP contribution in [0.3, 0.4) is 0 Å². The van der Waals surface area contributed by atoms with E-state index in [1.165, 1.54) is 22.7 Å². The molecule has 2 amide bonds. The SMILES string of the molecule is O=C(Cc1cccc(N2CCOCC2)c1)Nc1nnc(C2CCCC(c3nnc(NC(=O)Cc4cccc(N5CCOCC5)c4)s3)C2)s1. The molecule has 0 spiro atoms. The number of morpholine rings is 2. The molecule has 3 fully saturated rings. The highest BCUT2D eigenvalue weighted by atomic mass is 32.1. The van der Waals surface area contributed by atoms with E-state index >= 15 is 0 Å². The predicted molar refractivity (Wildman–Crippen MR) is 187 cm³/mol. The molecule has 0 bridgehead atoms. The Kier molecular flexibility index (Phi) is 10.5. The molecule has 1 saturated carbocycles. The van der Waals surface area contributed by atoms with E-state index in [1.54, 1.807) is 0 Å². The third-order valence-electron chi connectivity index (χ3n) is 9.05. The number of carbonyl (C=O) groups excluding carboxylic acids is 2. The van der Waals surface area contributed by atoms with E-state index in [1.807, 2.05) is 24.3 Å². The van der Waals surface area contributed by atoms with Gasteiger partial charge in [-0.15, -0.1) is 20.4 Å². The molecule has 2 unspecified atom stereocenters. The Morgan fingerprint density at radius 3 is 1.60 bits per heavy atom. The van der Waals surface area contributed by atoms with Gasteiger partial charge < -0.3 is 29.9 Å². The van der Waals surface area contributed by atoms with E-state index in [4.69, 9.17) is 9.47 Å². The molecule has 2 saturated heterocycles. The maximum Gasteiger partial charge on any atom is 0.230 e. The van der Waals surface area contributed by atoms with Crippen molar-refractivity contribution in [3.05, 3.63) is 69.7 Å². The standard InChI is InChI=1S/C34H40N8O4S2/c43-29(20-23-4-1-8-27(18-23)41-10-14-45-15-11-41)35-33-39-37-31(47-33)25-6-3-7-26(22-25)32-38-40-34(48-32)36-30(44)21-24-5-2-9-28(19-24)42-12-16-46-17-13-42/h1-2,4-5,8-9,18-19,25-26H,3,6-7,10-17,20-22H2,(H,35,39,43)(H,36,40,44). The topological polar surface area (TPSA) is 135 Å². The van der Waals surface area contributed by atoms with Crippen LogP contribution in [-0.4, -0.2) is 84.8 Å². The zero-order valence-electron chi connectivity index (χ0n) is 26.8. The van der Waals surface area contributed by atoms with Gasteiger partial charge in [0.1, 0.15) is 10.0 Å². The van der Waals surface area contributed by atoms with Crippen molar-refractivity contribution in [2.45, 2.75) is 50.4 Å². The molecule has 2 aromatic carbocycles. The van der Waals surface area contributed by atoms with Crippen molar-refractivity contribution in [3.63, 3.8) is 0 Å². The highest BCUT2D eigenvalue weighted by Gasteiger charge is 2.29. The molecule has 2 aliphatic heterocycles. The van der Waals surface area contributed by atoms with Gasteiger partial charge >= 0.3 is 0 Å². The number of carbonyl (C=O) groups is 2. The molecule has 7 rings (SSSR count). The predicted octanol–water partition coefficient (Wildman–Crippen LogP) is 4.87. The Morgan fingerprint density at radius 1 is 0.688 bits per heavy atom. The minimum absolute atomic E-state index is 0.105. The summed E-state index contributed by atoms with van der Waals surface area (Å²) < 4.78 is 10.9. The maximum absolute atomic E-state index is 12.9. The van der Waals surface area contributed by atoms with Crippen LogP contribution in [0.2, 0.25) is 0 Å². The van der Waals surface area contributed by atoms with E-state index < -0.39 is 0 Å². The first-order chi connectivity index (χ1) is 23.6. The number of rotatable bonds is 10. The number of ether oxygens (including phenoxy) is 2. The third kappa shape index (κ3) is 8.35. The van der Waals surface area contributed by atoms with E-state index in [2.05, 4.69) is 65.1 Å². The summed E-state index contributed by atoms with van der Waals surface area (Å²) in [6.07, 6.45) is 4.49. The summed E-state index contributed by atoms with van der Waals surface area (Å²) in [5.74, 6) is 0.258. The summed E-state index contributed by atoms with van der Waals surface area (Å²) in [5.41, 5.74) is 4.15. The van der Waals surface area contributed by atoms with Gasteiger partial charge in [0.05, 0.1) is 39.3 Å². The molecule has 2 N–H and O–H groups in total. The Morgan fingerprint density at radius 2 is 1.15 bits per heavy atom. The first-order valence-corrected chi connectivity index (χ1v) is 18.3. The Balaban J connectivity index is 0.903. The van der Waals surface area contributed by atoms with Crippen LogP contribution in [0, 0.1) is 0 Å². The summed E-state index contributed by atoms with van der Waals surface area (Å²) >= 11 is 2.90. The van der Waals surface area contributed by atoms with Crippen molar-refractivity contribution in [1.29, 1.82) is 0 Å². The average molecular weight is 689 g/mol. The van der Waals surface area contributed by atoms with Crippen LogP contribution in [0.4, 0.5) is 21.6 Å². The number of amides is 2. The second kappa shape index (κ2) is 15.5. The lowest BCUT2D eigenvalue weighted by molar-refractivity contribution is -0.116. The summed E-state index contributed by atoms with van der Waals surface area (Å²) in [6.45, 7) is 6.30. The van der Waals surface area contributed by atoms with Gasteiger partial charge in [-0.1, -0.05) is 53.4 Å². The van der Waals surface area contributed by atoms with Crippen molar-refractivity contribution < 1.29 is 19.1 Å². The number of benzene rings is 2. The molecular formula is C34H40N8O4S2. The average Bonchev–Trinajstić information content (AvgIpc) is 3.79. The van der Waals surface area contributed by atoms with Crippen molar-refractivity contribution in [1.82, 2.24) is 20.4 Å². The lowest BCUT2D eigenvalue weighted by Crippen LogP contribution is -2.36. The zero-order chi connectivity index (χ0) is 32.7. The van der Waals surface area contributed by atoms with Crippen molar-refractivity contribution >= 4 is 56.1 Å². The molecule has 0 radical (unpaired) electrons. The number of hydrogen-bond acceptors (Lipinski definition) is 12. The second-order valence-corrected chi connectivity index (χ2v) is 14.5. The highest BCUT2D eigenvalue weighted by molar-refractivity contribution is 7.15. The first-order valence-electron chi connectivity index (χ1n) is 16.7. The van der Waals surface area contributed by atoms with Gasteiger partial charge in [0.25, 0.3) is 0 Å². The normalized spacial score (nSPS) is 20.0. The fourth-order valence-electron chi connectivity index (χ4n) is 6.61. The fraction of sp³-hybridized carbons (Fsp3) is 0.471. The molecule has 252 valence electrons. The van der Waals surface area contributed by atoms with Gasteiger partial charge in [0.2, 0.25) is 22.1 Å². The minimum atomic E-state index is -0.105. The molecule has 1 aliphatic carbocycles. The molecule has 48 heavy (non-hydrogen) atoms. The van der Waals surface area contributed by atoms with Crippen LogP contribution in [0.15, 0.2) is 48.5 Å². The van der Waals surface area contributed by atoms with Gasteiger partial charge in [-0.2, -0.15) is 0 Å². The Hall–Kier alpha value is -3.98. The summed E-state index contributed by atoms with van der Waals surface area (Å²) in [5, 5.41) is 26.3. The summed E-state index contributed by atoms with van der Waals surface area (Å²) in [7, 11) is 0. The Bertz CT molecular complexity index is 1580. The van der Waals surface area contributed by atoms with Gasteiger partial charge in [-0.3, -0.25) is 9.59 Å². The third-order valence-corrected chi connectivity index (χ3v) is 11.1. The molecule has 3 aliphatic rings. The van der Waals surface area contributed by atoms with Crippen LogP contribution in [0.1, 0.15) is 58.7 Å². The first kappa shape index (κ1) is 32.6. The minimum Gasteiger partial charge on any atom is -0.378 e. The Labute approximate surface area is 287 Å². The van der Waals surface area contributed by atoms with Gasteiger partial charge in [0, 0.05) is 49.4 Å². The molecule has 4 heterocycles. The van der Waals surface area contributed by atoms with Gasteiger partial charge in [0.15, 0.2) is 0 Å². The number of nitrogens with one attached hydrogen (secondary N) is 2. The van der Waals surface area contributed by atoms with Gasteiger partial charge in [-0.05, 0) is 54.7 Å². The molecule has 2 aromatic heterocycles. The van der Waals surface area contributed by atoms with E-state index in [0.717, 1.165) is 111 Å². The smallest absolute Gasteiger partial charge is 0.230 e. The van der Waals surface area contributed by atoms with E-state index in [9.17, 15) is 9.59 Å². The largest absolute Gasteiger partial charge is 0.378 e. The second-order valence-electron chi connectivity index (χ2n) is 12.4. The lowest BCUT2D eigenvalue weighted by Gasteiger charge is -2.29. The van der Waals surface area contributed by atoms with Crippen LogP contribution in [-0.2, 0) is 31.9 Å². The number of nitrogens with zero attached hydrogens (tertiary/aromatic N) is 6. The fourth-order valence-corrected chi connectivity index (χ4v) is 8.42. The summed E-state index contributed by atoms with van der Waals surface area (Å²) in [4.78, 5) is 30.4. The quantitative estimate of drug-likeness (QED) is 0.238. The number of hydrogen-bond donors (Lipinski definition) is 2.